The Hall–Kier alpha value is -2.02. The number of carbonyl (C=O) groups is 1. The Morgan fingerprint density at radius 1 is 1.00 bits per heavy atom. The Labute approximate surface area is 135 Å². The number of anilines is 1. The molecule has 0 N–H and O–H groups in total. The zero-order valence-electron chi connectivity index (χ0n) is 11.9. The molecule has 2 aromatic rings. The summed E-state index contributed by atoms with van der Waals surface area (Å²) in [5.41, 5.74) is 0.156. The van der Waals surface area contributed by atoms with E-state index in [2.05, 4.69) is 0 Å². The fraction of sp³-hybridized carbons (Fsp3) is 0.188. The first-order valence-corrected chi connectivity index (χ1v) is 7.65. The molecule has 0 spiro atoms. The summed E-state index contributed by atoms with van der Waals surface area (Å²) in [7, 11) is 0. The Morgan fingerprint density at radius 3 is 2.22 bits per heavy atom. The molecule has 122 valence electrons. The summed E-state index contributed by atoms with van der Waals surface area (Å²) in [5.74, 6) is -1.53. The number of hydrogen-bond donors (Lipinski definition) is 0. The van der Waals surface area contributed by atoms with E-state index in [1.54, 1.807) is 24.3 Å². The van der Waals surface area contributed by atoms with E-state index in [1.165, 1.54) is 30.3 Å². The highest BCUT2D eigenvalue weighted by molar-refractivity contribution is 8.00. The predicted octanol–water partition coefficient (Wildman–Crippen LogP) is 4.51. The highest BCUT2D eigenvalue weighted by Gasteiger charge is 2.33. The number of halogens is 4. The van der Waals surface area contributed by atoms with Gasteiger partial charge in [-0.25, -0.2) is 4.39 Å². The van der Waals surface area contributed by atoms with Gasteiger partial charge in [0.2, 0.25) is 5.91 Å². The Kier molecular flexibility index (Phi) is 5.65. The number of amides is 1. The van der Waals surface area contributed by atoms with E-state index in [1.807, 2.05) is 0 Å². The van der Waals surface area contributed by atoms with Crippen LogP contribution in [0.1, 0.15) is 0 Å². The van der Waals surface area contributed by atoms with Crippen molar-refractivity contribution in [2.45, 2.75) is 11.1 Å². The minimum atomic E-state index is -4.52. The first kappa shape index (κ1) is 17.3. The van der Waals surface area contributed by atoms with Gasteiger partial charge < -0.3 is 4.90 Å². The molecule has 23 heavy (non-hydrogen) atoms. The number of carbonyl (C=O) groups excluding carboxylic acids is 1. The average molecular weight is 343 g/mol. The second kappa shape index (κ2) is 7.50. The number of alkyl halides is 3. The second-order valence-electron chi connectivity index (χ2n) is 4.65. The van der Waals surface area contributed by atoms with Gasteiger partial charge in [-0.3, -0.25) is 4.79 Å². The summed E-state index contributed by atoms with van der Waals surface area (Å²) < 4.78 is 51.7. The molecule has 1 amide bonds. The molecular weight excluding hydrogens is 330 g/mol. The van der Waals surface area contributed by atoms with E-state index in [-0.39, 0.29) is 16.3 Å². The first-order chi connectivity index (χ1) is 10.9. The Balaban J connectivity index is 2.12. The van der Waals surface area contributed by atoms with Crippen molar-refractivity contribution in [3.8, 4) is 0 Å². The number of hydrogen-bond acceptors (Lipinski definition) is 2. The summed E-state index contributed by atoms with van der Waals surface area (Å²) in [6.45, 7) is -1.38. The number of thioether (sulfide) groups is 1. The summed E-state index contributed by atoms with van der Waals surface area (Å²) in [5, 5.41) is 0. The van der Waals surface area contributed by atoms with Crippen LogP contribution in [0, 0.1) is 5.82 Å². The molecule has 0 atom stereocenters. The van der Waals surface area contributed by atoms with E-state index >= 15 is 0 Å². The lowest BCUT2D eigenvalue weighted by Crippen LogP contribution is -2.40. The number of para-hydroxylation sites is 1. The van der Waals surface area contributed by atoms with Gasteiger partial charge in [-0.1, -0.05) is 30.3 Å². The van der Waals surface area contributed by atoms with Crippen molar-refractivity contribution in [2.75, 3.05) is 17.2 Å². The lowest BCUT2D eigenvalue weighted by Gasteiger charge is -2.24. The van der Waals surface area contributed by atoms with Crippen LogP contribution in [-0.2, 0) is 4.79 Å². The van der Waals surface area contributed by atoms with Crippen LogP contribution in [0.2, 0.25) is 0 Å². The van der Waals surface area contributed by atoms with Crippen molar-refractivity contribution in [2.24, 2.45) is 0 Å². The van der Waals surface area contributed by atoms with Gasteiger partial charge in [0.05, 0.1) is 5.75 Å². The van der Waals surface area contributed by atoms with Crippen molar-refractivity contribution >= 4 is 23.4 Å². The third-order valence-corrected chi connectivity index (χ3v) is 3.93. The van der Waals surface area contributed by atoms with Crippen LogP contribution in [0.25, 0.3) is 0 Å². The Bertz CT molecular complexity index is 661. The monoisotopic (exact) mass is 343 g/mol. The van der Waals surface area contributed by atoms with Crippen molar-refractivity contribution in [3.63, 3.8) is 0 Å². The van der Waals surface area contributed by atoms with Crippen LogP contribution in [0.4, 0.5) is 23.2 Å². The molecule has 2 nitrogen and oxygen atoms in total. The van der Waals surface area contributed by atoms with Crippen molar-refractivity contribution in [1.29, 1.82) is 0 Å². The zero-order chi connectivity index (χ0) is 16.9. The minimum Gasteiger partial charge on any atom is -0.303 e. The van der Waals surface area contributed by atoms with Crippen LogP contribution in [0.3, 0.4) is 0 Å². The van der Waals surface area contributed by atoms with Gasteiger partial charge in [-0.15, -0.1) is 11.8 Å². The van der Waals surface area contributed by atoms with Crippen molar-refractivity contribution in [1.82, 2.24) is 0 Å². The molecule has 0 aliphatic carbocycles. The van der Waals surface area contributed by atoms with Gasteiger partial charge >= 0.3 is 6.18 Å². The summed E-state index contributed by atoms with van der Waals surface area (Å²) in [6, 6.07) is 13.4. The largest absolute Gasteiger partial charge is 0.406 e. The number of nitrogens with zero attached hydrogens (tertiary/aromatic N) is 1. The van der Waals surface area contributed by atoms with Gasteiger partial charge in [0.1, 0.15) is 12.4 Å². The van der Waals surface area contributed by atoms with E-state index in [9.17, 15) is 22.4 Å². The molecule has 2 aromatic carbocycles. The van der Waals surface area contributed by atoms with E-state index in [4.69, 9.17) is 0 Å². The molecule has 0 bridgehead atoms. The van der Waals surface area contributed by atoms with Crippen molar-refractivity contribution in [3.05, 3.63) is 60.4 Å². The van der Waals surface area contributed by atoms with Crippen LogP contribution < -0.4 is 4.90 Å². The maximum absolute atomic E-state index is 13.5. The molecule has 0 aromatic heterocycles. The van der Waals surface area contributed by atoms with Gasteiger partial charge in [-0.05, 0) is 24.3 Å². The summed E-state index contributed by atoms with van der Waals surface area (Å²) >= 11 is 0.871. The van der Waals surface area contributed by atoms with Gasteiger partial charge in [0, 0.05) is 10.6 Å². The predicted molar refractivity (Wildman–Crippen MR) is 82.0 cm³/mol. The molecule has 0 saturated carbocycles. The lowest BCUT2D eigenvalue weighted by atomic mass is 10.3. The molecule has 0 saturated heterocycles. The molecule has 7 heteroatoms. The molecule has 0 heterocycles. The average Bonchev–Trinajstić information content (AvgIpc) is 2.51. The molecular formula is C16H13F4NOS. The highest BCUT2D eigenvalue weighted by Crippen LogP contribution is 2.25. The standard InChI is InChI=1S/C16H13F4NOS/c17-13-8-4-5-9-14(13)23-10-15(22)21(11-16(18,19)20)12-6-2-1-3-7-12/h1-9H,10-11H2. The topological polar surface area (TPSA) is 20.3 Å². The van der Waals surface area contributed by atoms with E-state index < -0.39 is 24.4 Å². The fourth-order valence-corrected chi connectivity index (χ4v) is 2.71. The number of benzene rings is 2. The van der Waals surface area contributed by atoms with Crippen LogP contribution in [0.15, 0.2) is 59.5 Å². The molecule has 0 fully saturated rings. The third kappa shape index (κ3) is 5.28. The smallest absolute Gasteiger partial charge is 0.303 e. The van der Waals surface area contributed by atoms with Crippen molar-refractivity contribution < 1.29 is 22.4 Å². The Morgan fingerprint density at radius 2 is 1.61 bits per heavy atom. The molecule has 0 unspecified atom stereocenters. The minimum absolute atomic E-state index is 0.156. The van der Waals surface area contributed by atoms with Gasteiger partial charge in [0.15, 0.2) is 0 Å². The quantitative estimate of drug-likeness (QED) is 0.588. The number of rotatable bonds is 5. The summed E-state index contributed by atoms with van der Waals surface area (Å²) in [6.07, 6.45) is -4.52. The lowest BCUT2D eigenvalue weighted by molar-refractivity contribution is -0.131. The van der Waals surface area contributed by atoms with E-state index in [0.29, 0.717) is 4.90 Å². The molecule has 0 radical (unpaired) electrons. The van der Waals surface area contributed by atoms with Crippen LogP contribution >= 0.6 is 11.8 Å². The third-order valence-electron chi connectivity index (χ3n) is 2.89. The first-order valence-electron chi connectivity index (χ1n) is 6.66. The fourth-order valence-electron chi connectivity index (χ4n) is 1.89. The van der Waals surface area contributed by atoms with Crippen LogP contribution in [-0.4, -0.2) is 24.4 Å². The van der Waals surface area contributed by atoms with E-state index in [0.717, 1.165) is 11.8 Å². The zero-order valence-corrected chi connectivity index (χ0v) is 12.7. The van der Waals surface area contributed by atoms with Gasteiger partial charge in [-0.2, -0.15) is 13.2 Å². The molecule has 0 aliphatic rings. The normalized spacial score (nSPS) is 11.3. The second-order valence-corrected chi connectivity index (χ2v) is 5.67. The molecule has 2 rings (SSSR count). The van der Waals surface area contributed by atoms with Gasteiger partial charge in [0.25, 0.3) is 0 Å². The maximum atomic E-state index is 13.5. The SMILES string of the molecule is O=C(CSc1ccccc1F)N(CC(F)(F)F)c1ccccc1. The summed E-state index contributed by atoms with van der Waals surface area (Å²) in [4.78, 5) is 13.1. The van der Waals surface area contributed by atoms with Crippen LogP contribution in [0.5, 0.6) is 0 Å². The highest BCUT2D eigenvalue weighted by atomic mass is 32.2. The molecule has 0 aliphatic heterocycles. The maximum Gasteiger partial charge on any atom is 0.406 e.